The minimum absolute atomic E-state index is 0.294. The first-order valence-electron chi connectivity index (χ1n) is 9.81. The molecule has 0 N–H and O–H groups in total. The van der Waals surface area contributed by atoms with Gasteiger partial charge in [0, 0.05) is 7.11 Å². The number of nitrogens with zero attached hydrogens (tertiary/aromatic N) is 1. The minimum Gasteiger partial charge on any atom is -0.427 e. The normalized spacial score (nSPS) is 17.7. The second-order valence-electron chi connectivity index (χ2n) is 9.11. The van der Waals surface area contributed by atoms with Crippen LogP contribution >= 0.6 is 0 Å². The molecule has 6 nitrogen and oxygen atoms in total. The van der Waals surface area contributed by atoms with Gasteiger partial charge in [0.25, 0.3) is 5.91 Å². The molecule has 1 aliphatic rings. The third-order valence-corrected chi connectivity index (χ3v) is 5.28. The van der Waals surface area contributed by atoms with Crippen molar-refractivity contribution >= 4 is 17.4 Å². The van der Waals surface area contributed by atoms with Gasteiger partial charge in [-0.15, -0.1) is 0 Å². The second-order valence-corrected chi connectivity index (χ2v) is 9.11. The smallest absolute Gasteiger partial charge is 0.316 e. The van der Waals surface area contributed by atoms with E-state index in [0.29, 0.717) is 11.3 Å². The average molecular weight is 404 g/mol. The number of esters is 1. The van der Waals surface area contributed by atoms with Gasteiger partial charge in [-0.3, -0.25) is 9.59 Å². The lowest BCUT2D eigenvalue weighted by atomic mass is 9.90. The molecule has 0 spiro atoms. The monoisotopic (exact) mass is 403 g/mol. The van der Waals surface area contributed by atoms with Crippen molar-refractivity contribution in [1.29, 1.82) is 0 Å². The summed E-state index contributed by atoms with van der Waals surface area (Å²) in [6, 6.07) is 3.98. The summed E-state index contributed by atoms with van der Waals surface area (Å²) in [7, 11) is 1.50. The molecule has 0 aromatic heterocycles. The molecule has 0 radical (unpaired) electrons. The topological polar surface area (TPSA) is 65.1 Å². The molecule has 0 fully saturated rings. The fraction of sp³-hybridized carbons (Fsp3) is 0.565. The number of carbonyl (C=O) groups is 2. The molecule has 2 rings (SSSR count). The van der Waals surface area contributed by atoms with Crippen molar-refractivity contribution in [1.82, 2.24) is 5.06 Å². The first kappa shape index (κ1) is 23.1. The van der Waals surface area contributed by atoms with Crippen molar-refractivity contribution in [3.63, 3.8) is 0 Å². The number of carbonyl (C=O) groups excluding carboxylic acids is 2. The molecule has 6 heteroatoms. The Bertz CT molecular complexity index is 861. The fourth-order valence-corrected chi connectivity index (χ4v) is 3.20. The van der Waals surface area contributed by atoms with Crippen LogP contribution in [0.15, 0.2) is 17.9 Å². The van der Waals surface area contributed by atoms with E-state index in [4.69, 9.17) is 14.3 Å². The highest BCUT2D eigenvalue weighted by molar-refractivity contribution is 6.23. The molecule has 1 atom stereocenters. The van der Waals surface area contributed by atoms with E-state index < -0.39 is 23.2 Å². The van der Waals surface area contributed by atoms with Crippen LogP contribution in [0.4, 0.5) is 0 Å². The number of rotatable bonds is 5. The van der Waals surface area contributed by atoms with Crippen LogP contribution in [0.3, 0.4) is 0 Å². The van der Waals surface area contributed by atoms with Crippen LogP contribution in [0.2, 0.25) is 0 Å². The maximum atomic E-state index is 13.5. The van der Waals surface area contributed by atoms with Crippen LogP contribution in [0, 0.1) is 26.2 Å². The lowest BCUT2D eigenvalue weighted by molar-refractivity contribution is -0.276. The molecule has 0 saturated heterocycles. The molecule has 1 aromatic rings. The Morgan fingerprint density at radius 3 is 2.17 bits per heavy atom. The molecule has 0 aliphatic carbocycles. The molecule has 1 amide bonds. The summed E-state index contributed by atoms with van der Waals surface area (Å²) in [6.07, 6.45) is -0.642. The zero-order valence-electron chi connectivity index (χ0n) is 19.2. The highest BCUT2D eigenvalue weighted by atomic mass is 16.8. The number of benzene rings is 1. The number of amides is 1. The zero-order valence-corrected chi connectivity index (χ0v) is 19.2. The lowest BCUT2D eigenvalue weighted by Gasteiger charge is -2.34. The van der Waals surface area contributed by atoms with Gasteiger partial charge in [0.15, 0.2) is 6.29 Å². The van der Waals surface area contributed by atoms with Gasteiger partial charge in [0.1, 0.15) is 11.3 Å². The summed E-state index contributed by atoms with van der Waals surface area (Å²) in [5.74, 6) is -0.467. The standard InChI is InChI=1S/C23H33NO5/c1-13-11-12-14(2)17(15(13)3)18-19(28-21(26)22(5,6)7)23(8,9)24(20(18)25)29-16(4)27-10/h11-12,16H,1-10H3. The van der Waals surface area contributed by atoms with E-state index in [1.807, 2.05) is 32.9 Å². The summed E-state index contributed by atoms with van der Waals surface area (Å²) in [4.78, 5) is 32.1. The van der Waals surface area contributed by atoms with E-state index >= 15 is 0 Å². The van der Waals surface area contributed by atoms with Crippen molar-refractivity contribution in [2.45, 2.75) is 74.1 Å². The Morgan fingerprint density at radius 1 is 1.10 bits per heavy atom. The first-order chi connectivity index (χ1) is 13.2. The molecule has 160 valence electrons. The van der Waals surface area contributed by atoms with Gasteiger partial charge in [0.2, 0.25) is 0 Å². The summed E-state index contributed by atoms with van der Waals surface area (Å²) in [5.41, 5.74) is 2.36. The van der Waals surface area contributed by atoms with E-state index in [-0.39, 0.29) is 5.91 Å². The van der Waals surface area contributed by atoms with Crippen molar-refractivity contribution in [2.24, 2.45) is 5.41 Å². The van der Waals surface area contributed by atoms with Crippen molar-refractivity contribution < 1.29 is 23.9 Å². The average Bonchev–Trinajstić information content (AvgIpc) is 2.79. The van der Waals surface area contributed by atoms with E-state index in [2.05, 4.69) is 0 Å². The first-order valence-corrected chi connectivity index (χ1v) is 9.81. The number of hydrogen-bond donors (Lipinski definition) is 0. The third kappa shape index (κ3) is 4.23. The Balaban J connectivity index is 2.74. The van der Waals surface area contributed by atoms with Crippen molar-refractivity contribution in [3.05, 3.63) is 40.1 Å². The Labute approximate surface area is 173 Å². The molecule has 1 unspecified atom stereocenters. The zero-order chi connectivity index (χ0) is 22.3. The highest BCUT2D eigenvalue weighted by Gasteiger charge is 2.51. The lowest BCUT2D eigenvalue weighted by Crippen LogP contribution is -2.46. The number of hydrogen-bond acceptors (Lipinski definition) is 5. The minimum atomic E-state index is -0.997. The SMILES string of the molecule is COC(C)ON1C(=O)C(c2c(C)ccc(C)c2C)=C(OC(=O)C(C)(C)C)C1(C)C. The van der Waals surface area contributed by atoms with Crippen LogP contribution in [0.25, 0.3) is 5.57 Å². The van der Waals surface area contributed by atoms with Gasteiger partial charge in [-0.25, -0.2) is 9.90 Å². The number of methoxy groups -OCH3 is 1. The molecule has 1 heterocycles. The van der Waals surface area contributed by atoms with Crippen LogP contribution in [0.5, 0.6) is 0 Å². The number of ether oxygens (including phenoxy) is 2. The van der Waals surface area contributed by atoms with Crippen molar-refractivity contribution in [2.75, 3.05) is 7.11 Å². The predicted octanol–water partition coefficient (Wildman–Crippen LogP) is 4.46. The summed E-state index contributed by atoms with van der Waals surface area (Å²) in [6.45, 7) is 16.5. The van der Waals surface area contributed by atoms with Crippen LogP contribution in [-0.4, -0.2) is 35.9 Å². The third-order valence-electron chi connectivity index (χ3n) is 5.28. The van der Waals surface area contributed by atoms with Crippen LogP contribution < -0.4 is 0 Å². The predicted molar refractivity (Wildman–Crippen MR) is 112 cm³/mol. The number of aryl methyl sites for hydroxylation is 2. The quantitative estimate of drug-likeness (QED) is 0.537. The molecule has 0 bridgehead atoms. The van der Waals surface area contributed by atoms with E-state index in [1.54, 1.807) is 41.5 Å². The summed E-state index contributed by atoms with van der Waals surface area (Å²) in [5, 5.41) is 1.25. The maximum Gasteiger partial charge on any atom is 0.316 e. The Kier molecular flexibility index (Phi) is 6.31. The van der Waals surface area contributed by atoms with Gasteiger partial charge < -0.3 is 9.47 Å². The van der Waals surface area contributed by atoms with E-state index in [9.17, 15) is 9.59 Å². The second kappa shape index (κ2) is 7.92. The van der Waals surface area contributed by atoms with E-state index in [0.717, 1.165) is 22.3 Å². The maximum absolute atomic E-state index is 13.5. The van der Waals surface area contributed by atoms with Gasteiger partial charge in [-0.05, 0) is 84.6 Å². The number of hydroxylamine groups is 2. The summed E-state index contributed by atoms with van der Waals surface area (Å²) >= 11 is 0. The molecular weight excluding hydrogens is 370 g/mol. The summed E-state index contributed by atoms with van der Waals surface area (Å²) < 4.78 is 11.1. The van der Waals surface area contributed by atoms with Gasteiger partial charge in [0.05, 0.1) is 11.0 Å². The fourth-order valence-electron chi connectivity index (χ4n) is 3.20. The molecular formula is C23H33NO5. The van der Waals surface area contributed by atoms with Crippen LogP contribution in [-0.2, 0) is 23.9 Å². The largest absolute Gasteiger partial charge is 0.427 e. The molecule has 29 heavy (non-hydrogen) atoms. The van der Waals surface area contributed by atoms with E-state index in [1.165, 1.54) is 12.2 Å². The highest BCUT2D eigenvalue weighted by Crippen LogP contribution is 2.44. The molecule has 0 saturated carbocycles. The Morgan fingerprint density at radius 2 is 1.66 bits per heavy atom. The van der Waals surface area contributed by atoms with Gasteiger partial charge >= 0.3 is 5.97 Å². The van der Waals surface area contributed by atoms with Gasteiger partial charge in [-0.1, -0.05) is 12.1 Å². The Hall–Kier alpha value is -2.18. The molecule has 1 aromatic carbocycles. The molecule has 1 aliphatic heterocycles. The van der Waals surface area contributed by atoms with Gasteiger partial charge in [-0.2, -0.15) is 0 Å². The van der Waals surface area contributed by atoms with Crippen molar-refractivity contribution in [3.8, 4) is 0 Å². The van der Waals surface area contributed by atoms with Crippen LogP contribution in [0.1, 0.15) is 63.8 Å².